The molecule has 1 aromatic heterocycles. The first-order chi connectivity index (χ1) is 6.22. The minimum Gasteiger partial charge on any atom is -0.389 e. The van der Waals surface area contributed by atoms with Crippen LogP contribution in [0.25, 0.3) is 0 Å². The molecule has 1 aliphatic carbocycles. The van der Waals surface area contributed by atoms with E-state index in [9.17, 15) is 0 Å². The standard InChI is InChI=1S/C9H12N2S2/c1-2-6-11-7(5-3-4-5)8(13-6)9(10)12/h5H,2-4H2,1H3,(H2,10,12). The minimum atomic E-state index is 0.513. The van der Waals surface area contributed by atoms with Crippen LogP contribution in [-0.2, 0) is 6.42 Å². The molecule has 0 radical (unpaired) electrons. The highest BCUT2D eigenvalue weighted by Crippen LogP contribution is 2.42. The van der Waals surface area contributed by atoms with Gasteiger partial charge in [-0.3, -0.25) is 0 Å². The van der Waals surface area contributed by atoms with Gasteiger partial charge in [-0.2, -0.15) is 0 Å². The first-order valence-electron chi connectivity index (χ1n) is 4.51. The van der Waals surface area contributed by atoms with Crippen LogP contribution in [-0.4, -0.2) is 9.97 Å². The van der Waals surface area contributed by atoms with Crippen molar-refractivity contribution in [2.75, 3.05) is 0 Å². The summed E-state index contributed by atoms with van der Waals surface area (Å²) in [6, 6.07) is 0. The lowest BCUT2D eigenvalue weighted by Crippen LogP contribution is -2.09. The molecule has 0 aromatic carbocycles. The summed E-state index contributed by atoms with van der Waals surface area (Å²) < 4.78 is 0. The number of aryl methyl sites for hydroxylation is 1. The smallest absolute Gasteiger partial charge is 0.116 e. The first kappa shape index (κ1) is 9.09. The van der Waals surface area contributed by atoms with Gasteiger partial charge in [0.15, 0.2) is 0 Å². The third-order valence-corrected chi connectivity index (χ3v) is 3.77. The van der Waals surface area contributed by atoms with E-state index in [2.05, 4.69) is 11.9 Å². The molecular weight excluding hydrogens is 200 g/mol. The molecule has 1 heterocycles. The highest BCUT2D eigenvalue weighted by molar-refractivity contribution is 7.81. The van der Waals surface area contributed by atoms with E-state index in [1.165, 1.54) is 12.8 Å². The fraction of sp³-hybridized carbons (Fsp3) is 0.556. The molecule has 1 aromatic rings. The summed E-state index contributed by atoms with van der Waals surface area (Å²) in [5, 5.41) is 1.16. The van der Waals surface area contributed by atoms with Gasteiger partial charge in [0, 0.05) is 5.92 Å². The average Bonchev–Trinajstić information content (AvgIpc) is 2.84. The number of thiocarbonyl (C=S) groups is 1. The zero-order chi connectivity index (χ0) is 9.42. The van der Waals surface area contributed by atoms with Gasteiger partial charge in [-0.25, -0.2) is 4.98 Å². The molecule has 2 rings (SSSR count). The molecule has 0 aliphatic heterocycles. The molecule has 1 fully saturated rings. The monoisotopic (exact) mass is 212 g/mol. The van der Waals surface area contributed by atoms with E-state index in [1.807, 2.05) is 0 Å². The van der Waals surface area contributed by atoms with E-state index < -0.39 is 0 Å². The SMILES string of the molecule is CCc1nc(C2CC2)c(C(N)=S)s1. The van der Waals surface area contributed by atoms with Gasteiger partial charge in [-0.05, 0) is 19.3 Å². The maximum absolute atomic E-state index is 5.65. The fourth-order valence-corrected chi connectivity index (χ4v) is 2.51. The summed E-state index contributed by atoms with van der Waals surface area (Å²) in [6.07, 6.45) is 3.48. The van der Waals surface area contributed by atoms with Crippen molar-refractivity contribution in [2.24, 2.45) is 5.73 Å². The topological polar surface area (TPSA) is 38.9 Å². The molecule has 0 spiro atoms. The maximum atomic E-state index is 5.65. The summed E-state index contributed by atoms with van der Waals surface area (Å²) >= 11 is 6.66. The second kappa shape index (κ2) is 3.35. The fourth-order valence-electron chi connectivity index (χ4n) is 1.34. The summed E-state index contributed by atoms with van der Waals surface area (Å²) in [4.78, 5) is 6.13. The van der Waals surface area contributed by atoms with Crippen molar-refractivity contribution >= 4 is 28.5 Å². The van der Waals surface area contributed by atoms with Gasteiger partial charge in [0.25, 0.3) is 0 Å². The van der Waals surface area contributed by atoms with Gasteiger partial charge in [-0.1, -0.05) is 19.1 Å². The van der Waals surface area contributed by atoms with Crippen LogP contribution in [0.5, 0.6) is 0 Å². The van der Waals surface area contributed by atoms with Crippen LogP contribution in [0.15, 0.2) is 0 Å². The van der Waals surface area contributed by atoms with Crippen LogP contribution < -0.4 is 5.73 Å². The Morgan fingerprint density at radius 1 is 1.69 bits per heavy atom. The Morgan fingerprint density at radius 2 is 2.38 bits per heavy atom. The van der Waals surface area contributed by atoms with Crippen molar-refractivity contribution < 1.29 is 0 Å². The number of nitrogens with two attached hydrogens (primary N) is 1. The molecule has 0 unspecified atom stereocenters. The van der Waals surface area contributed by atoms with E-state index in [0.717, 1.165) is 22.0 Å². The van der Waals surface area contributed by atoms with Gasteiger partial charge < -0.3 is 5.73 Å². The Balaban J connectivity index is 2.39. The average molecular weight is 212 g/mol. The van der Waals surface area contributed by atoms with Gasteiger partial charge in [0.2, 0.25) is 0 Å². The van der Waals surface area contributed by atoms with Gasteiger partial charge in [-0.15, -0.1) is 11.3 Å². The van der Waals surface area contributed by atoms with Crippen LogP contribution in [0.2, 0.25) is 0 Å². The van der Waals surface area contributed by atoms with Crippen LogP contribution in [0, 0.1) is 0 Å². The minimum absolute atomic E-state index is 0.513. The Morgan fingerprint density at radius 3 is 2.85 bits per heavy atom. The Kier molecular flexibility index (Phi) is 2.34. The van der Waals surface area contributed by atoms with Crippen LogP contribution in [0.4, 0.5) is 0 Å². The number of nitrogens with zero attached hydrogens (tertiary/aromatic N) is 1. The first-order valence-corrected chi connectivity index (χ1v) is 5.74. The number of hydrogen-bond donors (Lipinski definition) is 1. The summed E-state index contributed by atoms with van der Waals surface area (Å²) in [5.41, 5.74) is 6.81. The van der Waals surface area contributed by atoms with Crippen LogP contribution in [0.3, 0.4) is 0 Å². The third-order valence-electron chi connectivity index (χ3n) is 2.19. The van der Waals surface area contributed by atoms with Gasteiger partial charge >= 0.3 is 0 Å². The van der Waals surface area contributed by atoms with E-state index in [1.54, 1.807) is 11.3 Å². The highest BCUT2D eigenvalue weighted by Gasteiger charge is 2.30. The lowest BCUT2D eigenvalue weighted by atomic mass is 10.2. The molecular formula is C9H12N2S2. The summed E-state index contributed by atoms with van der Waals surface area (Å²) in [7, 11) is 0. The molecule has 0 atom stereocenters. The molecule has 1 aliphatic rings. The molecule has 13 heavy (non-hydrogen) atoms. The molecule has 70 valence electrons. The lowest BCUT2D eigenvalue weighted by molar-refractivity contribution is 0.991. The summed E-state index contributed by atoms with van der Waals surface area (Å²) in [6.45, 7) is 2.11. The largest absolute Gasteiger partial charge is 0.389 e. The molecule has 1 saturated carbocycles. The number of thiazole rings is 1. The molecule has 0 amide bonds. The van der Waals surface area contributed by atoms with E-state index in [0.29, 0.717) is 10.9 Å². The Hall–Kier alpha value is -0.480. The Labute approximate surface area is 87.2 Å². The predicted molar refractivity (Wildman–Crippen MR) is 59.4 cm³/mol. The summed E-state index contributed by atoms with van der Waals surface area (Å²) in [5.74, 6) is 0.646. The second-order valence-corrected chi connectivity index (χ2v) is 4.84. The van der Waals surface area contributed by atoms with Crippen molar-refractivity contribution in [3.8, 4) is 0 Å². The predicted octanol–water partition coefficient (Wildman–Crippen LogP) is 2.22. The second-order valence-electron chi connectivity index (χ2n) is 3.31. The van der Waals surface area contributed by atoms with E-state index in [-0.39, 0.29) is 0 Å². The molecule has 0 saturated heterocycles. The highest BCUT2D eigenvalue weighted by atomic mass is 32.1. The van der Waals surface area contributed by atoms with Gasteiger partial charge in [0.05, 0.1) is 15.6 Å². The molecule has 2 nitrogen and oxygen atoms in total. The van der Waals surface area contributed by atoms with Crippen molar-refractivity contribution in [1.82, 2.24) is 4.98 Å². The van der Waals surface area contributed by atoms with Crippen LogP contribution >= 0.6 is 23.6 Å². The maximum Gasteiger partial charge on any atom is 0.116 e. The molecule has 2 N–H and O–H groups in total. The Bertz CT molecular complexity index is 339. The lowest BCUT2D eigenvalue weighted by Gasteiger charge is -1.95. The van der Waals surface area contributed by atoms with Crippen LogP contribution in [0.1, 0.15) is 41.3 Å². The quantitative estimate of drug-likeness (QED) is 0.781. The van der Waals surface area contributed by atoms with Crippen molar-refractivity contribution in [3.63, 3.8) is 0 Å². The normalized spacial score (nSPS) is 16.1. The van der Waals surface area contributed by atoms with Gasteiger partial charge in [0.1, 0.15) is 4.99 Å². The van der Waals surface area contributed by atoms with E-state index in [4.69, 9.17) is 18.0 Å². The number of rotatable bonds is 3. The molecule has 4 heteroatoms. The van der Waals surface area contributed by atoms with Crippen molar-refractivity contribution in [3.05, 3.63) is 15.6 Å². The zero-order valence-electron chi connectivity index (χ0n) is 7.54. The zero-order valence-corrected chi connectivity index (χ0v) is 9.17. The van der Waals surface area contributed by atoms with Crippen molar-refractivity contribution in [2.45, 2.75) is 32.1 Å². The number of aromatic nitrogens is 1. The number of hydrogen-bond acceptors (Lipinski definition) is 3. The van der Waals surface area contributed by atoms with Crippen molar-refractivity contribution in [1.29, 1.82) is 0 Å². The molecule has 0 bridgehead atoms. The van der Waals surface area contributed by atoms with E-state index >= 15 is 0 Å². The third kappa shape index (κ3) is 1.74.